The predicted molar refractivity (Wildman–Crippen MR) is 107 cm³/mol. The molecule has 0 radical (unpaired) electrons. The largest absolute Gasteiger partial charge is 0.416 e. The first-order chi connectivity index (χ1) is 13.7. The van der Waals surface area contributed by atoms with Crippen LogP contribution in [-0.2, 0) is 23.9 Å². The third-order valence-corrected chi connectivity index (χ3v) is 5.06. The Balaban J connectivity index is 1.61. The van der Waals surface area contributed by atoms with Crippen LogP contribution in [0.15, 0.2) is 48.0 Å². The Morgan fingerprint density at radius 1 is 1.17 bits per heavy atom. The van der Waals surface area contributed by atoms with Crippen LogP contribution < -0.4 is 10.2 Å². The number of nitrogens with one attached hydrogen (secondary N) is 1. The minimum atomic E-state index is -4.37. The number of alkyl halides is 3. The molecule has 1 aromatic carbocycles. The van der Waals surface area contributed by atoms with Crippen molar-refractivity contribution in [2.75, 3.05) is 19.0 Å². The molecule has 152 valence electrons. The molecule has 0 fully saturated rings. The summed E-state index contributed by atoms with van der Waals surface area (Å²) in [7, 11) is 3.76. The molecular formula is C20H19F3N4OS. The van der Waals surface area contributed by atoms with Crippen molar-refractivity contribution in [3.63, 3.8) is 0 Å². The highest BCUT2D eigenvalue weighted by Gasteiger charge is 2.30. The molecular weight excluding hydrogens is 401 g/mol. The fraction of sp³-hybridized carbons (Fsp3) is 0.250. The maximum absolute atomic E-state index is 12.7. The minimum Gasteiger partial charge on any atom is -0.362 e. The zero-order valence-electron chi connectivity index (χ0n) is 15.8. The van der Waals surface area contributed by atoms with Crippen molar-refractivity contribution in [1.29, 1.82) is 0 Å². The summed E-state index contributed by atoms with van der Waals surface area (Å²) >= 11 is 1.29. The molecule has 0 aliphatic carbocycles. The Morgan fingerprint density at radius 3 is 2.55 bits per heavy atom. The van der Waals surface area contributed by atoms with E-state index in [4.69, 9.17) is 0 Å². The Labute approximate surface area is 170 Å². The molecule has 0 saturated carbocycles. The van der Waals surface area contributed by atoms with Gasteiger partial charge < -0.3 is 10.2 Å². The molecule has 2 heterocycles. The van der Waals surface area contributed by atoms with Gasteiger partial charge in [-0.25, -0.2) is 9.97 Å². The molecule has 3 rings (SSSR count). The van der Waals surface area contributed by atoms with E-state index in [0.717, 1.165) is 23.5 Å². The summed E-state index contributed by atoms with van der Waals surface area (Å²) in [4.78, 5) is 22.8. The number of aromatic nitrogens is 2. The number of rotatable bonds is 6. The third kappa shape index (κ3) is 5.32. The Bertz CT molecular complexity index is 984. The smallest absolute Gasteiger partial charge is 0.362 e. The van der Waals surface area contributed by atoms with Gasteiger partial charge in [-0.2, -0.15) is 13.2 Å². The highest BCUT2D eigenvalue weighted by Crippen LogP contribution is 2.31. The van der Waals surface area contributed by atoms with Crippen LogP contribution >= 0.6 is 11.3 Å². The van der Waals surface area contributed by atoms with Crippen LogP contribution in [0.5, 0.6) is 0 Å². The number of anilines is 1. The second-order valence-electron chi connectivity index (χ2n) is 6.55. The summed E-state index contributed by atoms with van der Waals surface area (Å²) in [5, 5.41) is 5.16. The number of hydrogen-bond acceptors (Lipinski definition) is 5. The van der Waals surface area contributed by atoms with Gasteiger partial charge in [0.1, 0.15) is 10.8 Å². The van der Waals surface area contributed by atoms with Crippen LogP contribution in [0.4, 0.5) is 19.0 Å². The standard InChI is InChI=1S/C20H19F3N4OS/c1-27(2)18-14(4-3-9-24-18)11-25-17(28)10-16-12-29-19(26-16)13-5-7-15(8-6-13)20(21,22)23/h3-9,12H,10-11H2,1-2H3,(H,25,28). The van der Waals surface area contributed by atoms with Crippen molar-refractivity contribution in [2.24, 2.45) is 0 Å². The first-order valence-electron chi connectivity index (χ1n) is 8.74. The summed E-state index contributed by atoms with van der Waals surface area (Å²) < 4.78 is 38.0. The van der Waals surface area contributed by atoms with Crippen LogP contribution in [0.2, 0.25) is 0 Å². The SMILES string of the molecule is CN(C)c1ncccc1CNC(=O)Cc1csc(-c2ccc(C(F)(F)F)cc2)n1. The molecule has 9 heteroatoms. The number of halogens is 3. The van der Waals surface area contributed by atoms with Gasteiger partial charge in [0.15, 0.2) is 0 Å². The molecule has 1 N–H and O–H groups in total. The van der Waals surface area contributed by atoms with Crippen molar-refractivity contribution < 1.29 is 18.0 Å². The van der Waals surface area contributed by atoms with E-state index in [1.807, 2.05) is 31.1 Å². The van der Waals surface area contributed by atoms with Gasteiger partial charge in [-0.05, 0) is 18.2 Å². The maximum Gasteiger partial charge on any atom is 0.416 e. The summed E-state index contributed by atoms with van der Waals surface area (Å²) in [6.07, 6.45) is -2.58. The van der Waals surface area contributed by atoms with Crippen LogP contribution in [-0.4, -0.2) is 30.0 Å². The normalized spacial score (nSPS) is 11.3. The van der Waals surface area contributed by atoms with E-state index >= 15 is 0 Å². The summed E-state index contributed by atoms with van der Waals surface area (Å²) in [5.74, 6) is 0.592. The number of thiazole rings is 1. The molecule has 0 atom stereocenters. The van der Waals surface area contributed by atoms with E-state index in [2.05, 4.69) is 15.3 Å². The molecule has 1 amide bonds. The van der Waals surface area contributed by atoms with E-state index in [9.17, 15) is 18.0 Å². The Hall–Kier alpha value is -2.94. The van der Waals surface area contributed by atoms with Crippen molar-refractivity contribution in [1.82, 2.24) is 15.3 Å². The summed E-state index contributed by atoms with van der Waals surface area (Å²) in [6, 6.07) is 8.53. The van der Waals surface area contributed by atoms with Crippen LogP contribution in [0.1, 0.15) is 16.8 Å². The number of carbonyl (C=O) groups excluding carboxylic acids is 1. The zero-order valence-corrected chi connectivity index (χ0v) is 16.6. The van der Waals surface area contributed by atoms with Crippen molar-refractivity contribution in [3.05, 3.63) is 64.8 Å². The number of benzene rings is 1. The van der Waals surface area contributed by atoms with Gasteiger partial charge in [-0.15, -0.1) is 11.3 Å². The average molecular weight is 420 g/mol. The molecule has 0 spiro atoms. The lowest BCUT2D eigenvalue weighted by Crippen LogP contribution is -2.26. The fourth-order valence-corrected chi connectivity index (χ4v) is 3.54. The predicted octanol–water partition coefficient (Wildman–Crippen LogP) is 4.15. The van der Waals surface area contributed by atoms with E-state index in [1.54, 1.807) is 11.6 Å². The van der Waals surface area contributed by atoms with Gasteiger partial charge >= 0.3 is 6.18 Å². The van der Waals surface area contributed by atoms with Gasteiger partial charge in [0.05, 0.1) is 17.7 Å². The molecule has 5 nitrogen and oxygen atoms in total. The van der Waals surface area contributed by atoms with Crippen LogP contribution in [0, 0.1) is 0 Å². The lowest BCUT2D eigenvalue weighted by molar-refractivity contribution is -0.137. The Morgan fingerprint density at radius 2 is 1.90 bits per heavy atom. The van der Waals surface area contributed by atoms with Crippen molar-refractivity contribution in [3.8, 4) is 10.6 Å². The summed E-state index contributed by atoms with van der Waals surface area (Å²) in [6.45, 7) is 0.343. The van der Waals surface area contributed by atoms with Gasteiger partial charge in [-0.1, -0.05) is 18.2 Å². The Kier molecular flexibility index (Phi) is 6.17. The number of amides is 1. The molecule has 29 heavy (non-hydrogen) atoms. The minimum absolute atomic E-state index is 0.0920. The van der Waals surface area contributed by atoms with E-state index < -0.39 is 11.7 Å². The second kappa shape index (κ2) is 8.60. The molecule has 0 saturated heterocycles. The van der Waals surface area contributed by atoms with Gasteiger partial charge in [0.25, 0.3) is 0 Å². The molecule has 0 bridgehead atoms. The van der Waals surface area contributed by atoms with E-state index in [-0.39, 0.29) is 12.3 Å². The van der Waals surface area contributed by atoms with E-state index in [0.29, 0.717) is 22.8 Å². The average Bonchev–Trinajstić information content (AvgIpc) is 3.14. The zero-order chi connectivity index (χ0) is 21.0. The highest BCUT2D eigenvalue weighted by atomic mass is 32.1. The highest BCUT2D eigenvalue weighted by molar-refractivity contribution is 7.13. The number of hydrogen-bond donors (Lipinski definition) is 1. The van der Waals surface area contributed by atoms with Gasteiger partial charge in [-0.3, -0.25) is 4.79 Å². The number of nitrogens with zero attached hydrogens (tertiary/aromatic N) is 3. The second-order valence-corrected chi connectivity index (χ2v) is 7.41. The quantitative estimate of drug-likeness (QED) is 0.651. The van der Waals surface area contributed by atoms with Crippen LogP contribution in [0.3, 0.4) is 0 Å². The lowest BCUT2D eigenvalue weighted by atomic mass is 10.1. The first kappa shape index (κ1) is 20.8. The van der Waals surface area contributed by atoms with E-state index in [1.165, 1.54) is 23.5 Å². The van der Waals surface area contributed by atoms with Crippen molar-refractivity contribution >= 4 is 23.1 Å². The molecule has 0 aliphatic heterocycles. The molecule has 3 aromatic rings. The first-order valence-corrected chi connectivity index (χ1v) is 9.62. The van der Waals surface area contributed by atoms with Gasteiger partial charge in [0, 0.05) is 43.3 Å². The molecule has 2 aromatic heterocycles. The topological polar surface area (TPSA) is 58.1 Å². The van der Waals surface area contributed by atoms with Crippen molar-refractivity contribution in [2.45, 2.75) is 19.1 Å². The fourth-order valence-electron chi connectivity index (χ4n) is 2.71. The monoisotopic (exact) mass is 420 g/mol. The third-order valence-electron chi connectivity index (χ3n) is 4.12. The molecule has 0 aliphatic rings. The van der Waals surface area contributed by atoms with Crippen LogP contribution in [0.25, 0.3) is 10.6 Å². The maximum atomic E-state index is 12.7. The number of pyridine rings is 1. The number of carbonyl (C=O) groups is 1. The van der Waals surface area contributed by atoms with Gasteiger partial charge in [0.2, 0.25) is 5.91 Å². The molecule has 0 unspecified atom stereocenters. The summed E-state index contributed by atoms with van der Waals surface area (Å²) in [5.41, 5.74) is 1.35. The lowest BCUT2D eigenvalue weighted by Gasteiger charge is -2.16.